The lowest BCUT2D eigenvalue weighted by atomic mass is 10.3. The number of anilines is 1. The first-order valence-electron chi connectivity index (χ1n) is 5.83. The van der Waals surface area contributed by atoms with Crippen molar-refractivity contribution >= 4 is 11.7 Å². The summed E-state index contributed by atoms with van der Waals surface area (Å²) in [6.07, 6.45) is -0.433. The van der Waals surface area contributed by atoms with Crippen LogP contribution in [-0.2, 0) is 4.74 Å². The van der Waals surface area contributed by atoms with Gasteiger partial charge < -0.3 is 20.1 Å². The minimum absolute atomic E-state index is 0.0848. The summed E-state index contributed by atoms with van der Waals surface area (Å²) in [5.74, 6) is -1.54. The highest BCUT2D eigenvalue weighted by atomic mass is 19.1. The molecular formula is C12H14F2N2O3. The van der Waals surface area contributed by atoms with Crippen molar-refractivity contribution in [1.82, 2.24) is 4.90 Å². The average molecular weight is 272 g/mol. The smallest absolute Gasteiger partial charge is 0.322 e. The molecule has 0 aromatic heterocycles. The van der Waals surface area contributed by atoms with Gasteiger partial charge in [-0.3, -0.25) is 0 Å². The highest BCUT2D eigenvalue weighted by Gasteiger charge is 2.24. The molecule has 5 nitrogen and oxygen atoms in total. The number of nitrogens with one attached hydrogen (secondary N) is 1. The number of halogens is 2. The van der Waals surface area contributed by atoms with Crippen molar-refractivity contribution in [2.24, 2.45) is 0 Å². The largest absolute Gasteiger partial charge is 0.394 e. The molecule has 7 heteroatoms. The van der Waals surface area contributed by atoms with Crippen LogP contribution < -0.4 is 5.32 Å². The number of hydrogen-bond acceptors (Lipinski definition) is 3. The van der Waals surface area contributed by atoms with E-state index in [-0.39, 0.29) is 18.8 Å². The lowest BCUT2D eigenvalue weighted by molar-refractivity contribution is -0.0388. The predicted molar refractivity (Wildman–Crippen MR) is 63.8 cm³/mol. The Hall–Kier alpha value is -1.73. The zero-order chi connectivity index (χ0) is 13.8. The molecule has 1 saturated heterocycles. The summed E-state index contributed by atoms with van der Waals surface area (Å²) in [4.78, 5) is 13.3. The van der Waals surface area contributed by atoms with Gasteiger partial charge in [0.2, 0.25) is 0 Å². The molecule has 1 unspecified atom stereocenters. The molecule has 1 aliphatic rings. The standard InChI is InChI=1S/C12H14F2N2O3/c13-8-1-2-11(10(14)5-8)15-12(18)16-3-4-19-9(6-16)7-17/h1-2,5,9,17H,3-4,6-7H2,(H,15,18). The zero-order valence-corrected chi connectivity index (χ0v) is 10.1. The van der Waals surface area contributed by atoms with Crippen LogP contribution in [0.3, 0.4) is 0 Å². The van der Waals surface area contributed by atoms with E-state index in [1.165, 1.54) is 4.90 Å². The minimum atomic E-state index is -0.833. The number of hydrogen-bond donors (Lipinski definition) is 2. The summed E-state index contributed by atoms with van der Waals surface area (Å²) in [5, 5.41) is 11.3. The van der Waals surface area contributed by atoms with Crippen molar-refractivity contribution < 1.29 is 23.4 Å². The minimum Gasteiger partial charge on any atom is -0.394 e. The lowest BCUT2D eigenvalue weighted by Gasteiger charge is -2.32. The summed E-state index contributed by atoms with van der Waals surface area (Å²) >= 11 is 0. The molecule has 0 aliphatic carbocycles. The second-order valence-electron chi connectivity index (χ2n) is 4.18. The van der Waals surface area contributed by atoms with Gasteiger partial charge >= 0.3 is 6.03 Å². The van der Waals surface area contributed by atoms with Crippen LogP contribution in [0.4, 0.5) is 19.3 Å². The van der Waals surface area contributed by atoms with Crippen molar-refractivity contribution in [3.05, 3.63) is 29.8 Å². The summed E-state index contributed by atoms with van der Waals surface area (Å²) in [6.45, 7) is 0.704. The molecule has 104 valence electrons. The molecule has 1 aromatic rings. The van der Waals surface area contributed by atoms with Gasteiger partial charge in [-0.05, 0) is 12.1 Å². The highest BCUT2D eigenvalue weighted by molar-refractivity contribution is 5.89. The van der Waals surface area contributed by atoms with Gasteiger partial charge in [-0.1, -0.05) is 0 Å². The Labute approximate surface area is 108 Å². The van der Waals surface area contributed by atoms with Crippen molar-refractivity contribution in [3.8, 4) is 0 Å². The van der Waals surface area contributed by atoms with Crippen LogP contribution in [0, 0.1) is 11.6 Å². The van der Waals surface area contributed by atoms with Gasteiger partial charge in [-0.25, -0.2) is 13.6 Å². The van der Waals surface area contributed by atoms with Crippen molar-refractivity contribution in [2.75, 3.05) is 31.6 Å². The first-order chi connectivity index (χ1) is 9.10. The lowest BCUT2D eigenvalue weighted by Crippen LogP contribution is -2.48. The monoisotopic (exact) mass is 272 g/mol. The van der Waals surface area contributed by atoms with Gasteiger partial charge in [0.25, 0.3) is 0 Å². The van der Waals surface area contributed by atoms with Crippen LogP contribution in [0.2, 0.25) is 0 Å². The Morgan fingerprint density at radius 1 is 1.53 bits per heavy atom. The van der Waals surface area contributed by atoms with E-state index in [1.54, 1.807) is 0 Å². The Morgan fingerprint density at radius 2 is 2.32 bits per heavy atom. The number of nitrogens with zero attached hydrogens (tertiary/aromatic N) is 1. The maximum Gasteiger partial charge on any atom is 0.322 e. The first-order valence-corrected chi connectivity index (χ1v) is 5.83. The first kappa shape index (κ1) is 13.7. The Morgan fingerprint density at radius 3 is 3.00 bits per heavy atom. The maximum absolute atomic E-state index is 13.4. The maximum atomic E-state index is 13.4. The van der Waals surface area contributed by atoms with Gasteiger partial charge in [0.1, 0.15) is 11.6 Å². The van der Waals surface area contributed by atoms with Crippen LogP contribution in [0.15, 0.2) is 18.2 Å². The Balaban J connectivity index is 2.00. The number of urea groups is 1. The number of amides is 2. The van der Waals surface area contributed by atoms with Crippen molar-refractivity contribution in [1.29, 1.82) is 0 Å². The molecule has 0 bridgehead atoms. The number of rotatable bonds is 2. The number of benzene rings is 1. The third kappa shape index (κ3) is 3.39. The number of carbonyl (C=O) groups is 1. The van der Waals surface area contributed by atoms with E-state index in [0.717, 1.165) is 12.1 Å². The predicted octanol–water partition coefficient (Wildman–Crippen LogP) is 1.19. The molecule has 1 atom stereocenters. The van der Waals surface area contributed by atoms with E-state index in [0.29, 0.717) is 19.2 Å². The molecule has 1 fully saturated rings. The van der Waals surface area contributed by atoms with Crippen LogP contribution in [0.25, 0.3) is 0 Å². The molecule has 0 spiro atoms. The fourth-order valence-corrected chi connectivity index (χ4v) is 1.80. The molecule has 0 saturated carbocycles. The summed E-state index contributed by atoms with van der Waals surface area (Å²) in [5.41, 5.74) is -0.0848. The fourth-order valence-electron chi connectivity index (χ4n) is 1.80. The van der Waals surface area contributed by atoms with Crippen molar-refractivity contribution in [3.63, 3.8) is 0 Å². The van der Waals surface area contributed by atoms with E-state index in [4.69, 9.17) is 9.84 Å². The molecule has 1 heterocycles. The normalized spacial score (nSPS) is 19.3. The van der Waals surface area contributed by atoms with Gasteiger partial charge in [0.15, 0.2) is 0 Å². The molecular weight excluding hydrogens is 258 g/mol. The number of ether oxygens (including phenoxy) is 1. The van der Waals surface area contributed by atoms with Gasteiger partial charge in [0.05, 0.1) is 31.5 Å². The van der Waals surface area contributed by atoms with Crippen LogP contribution in [-0.4, -0.2) is 48.4 Å². The van der Waals surface area contributed by atoms with E-state index >= 15 is 0 Å². The third-order valence-electron chi connectivity index (χ3n) is 2.80. The molecule has 2 N–H and O–H groups in total. The van der Waals surface area contributed by atoms with Gasteiger partial charge in [-0.2, -0.15) is 0 Å². The quantitative estimate of drug-likeness (QED) is 0.850. The second-order valence-corrected chi connectivity index (χ2v) is 4.18. The topological polar surface area (TPSA) is 61.8 Å². The molecule has 2 rings (SSSR count). The Kier molecular flexibility index (Phi) is 4.28. The van der Waals surface area contributed by atoms with E-state index < -0.39 is 23.8 Å². The number of carbonyl (C=O) groups excluding carboxylic acids is 1. The SMILES string of the molecule is O=C(Nc1ccc(F)cc1F)N1CCOC(CO)C1. The van der Waals surface area contributed by atoms with Crippen molar-refractivity contribution in [2.45, 2.75) is 6.10 Å². The molecule has 2 amide bonds. The molecule has 0 radical (unpaired) electrons. The van der Waals surface area contributed by atoms with Crippen LogP contribution in [0.1, 0.15) is 0 Å². The molecule has 19 heavy (non-hydrogen) atoms. The zero-order valence-electron chi connectivity index (χ0n) is 10.1. The highest BCUT2D eigenvalue weighted by Crippen LogP contribution is 2.16. The number of aliphatic hydroxyl groups excluding tert-OH is 1. The average Bonchev–Trinajstić information content (AvgIpc) is 2.42. The summed E-state index contributed by atoms with van der Waals surface area (Å²) in [6, 6.07) is 2.42. The number of aliphatic hydroxyl groups is 1. The molecule has 1 aliphatic heterocycles. The summed E-state index contributed by atoms with van der Waals surface area (Å²) < 4.78 is 31.3. The van der Waals surface area contributed by atoms with Gasteiger partial charge in [-0.15, -0.1) is 0 Å². The number of morpholine rings is 1. The van der Waals surface area contributed by atoms with Gasteiger partial charge in [0, 0.05) is 12.6 Å². The summed E-state index contributed by atoms with van der Waals surface area (Å²) in [7, 11) is 0. The van der Waals surface area contributed by atoms with Crippen LogP contribution in [0.5, 0.6) is 0 Å². The van der Waals surface area contributed by atoms with E-state index in [2.05, 4.69) is 5.32 Å². The Bertz CT molecular complexity index is 470. The second kappa shape index (κ2) is 5.94. The fraction of sp³-hybridized carbons (Fsp3) is 0.417. The van der Waals surface area contributed by atoms with E-state index in [1.807, 2.05) is 0 Å². The molecule has 1 aromatic carbocycles. The van der Waals surface area contributed by atoms with E-state index in [9.17, 15) is 13.6 Å². The van der Waals surface area contributed by atoms with Crippen LogP contribution >= 0.6 is 0 Å². The third-order valence-corrected chi connectivity index (χ3v) is 2.80.